The van der Waals surface area contributed by atoms with Crippen molar-refractivity contribution in [2.45, 2.75) is 104 Å². The van der Waals surface area contributed by atoms with Crippen LogP contribution in [-0.4, -0.2) is 33.5 Å². The molecule has 0 aromatic carbocycles. The van der Waals surface area contributed by atoms with Crippen molar-refractivity contribution in [1.82, 2.24) is 0 Å². The number of carbonyl (C=O) groups is 1. The summed E-state index contributed by atoms with van der Waals surface area (Å²) in [7, 11) is 0. The zero-order chi connectivity index (χ0) is 21.8. The van der Waals surface area contributed by atoms with E-state index in [1.165, 1.54) is 25.7 Å². The van der Waals surface area contributed by atoms with Crippen LogP contribution in [0.4, 0.5) is 0 Å². The highest BCUT2D eigenvalue weighted by Gasteiger charge is 2.64. The Hall–Kier alpha value is -0.610. The van der Waals surface area contributed by atoms with Crippen molar-refractivity contribution in [3.05, 3.63) is 0 Å². The largest absolute Gasteiger partial charge is 0.481 e. The zero-order valence-electron chi connectivity index (χ0n) is 19.5. The van der Waals surface area contributed by atoms with Crippen LogP contribution in [0.5, 0.6) is 0 Å². The molecule has 4 aliphatic rings. The Labute approximate surface area is 182 Å². The second-order valence-corrected chi connectivity index (χ2v) is 12.0. The van der Waals surface area contributed by atoms with Crippen molar-refractivity contribution in [3.63, 3.8) is 0 Å². The van der Waals surface area contributed by atoms with Gasteiger partial charge in [-0.15, -0.1) is 0 Å². The maximum absolute atomic E-state index is 11.7. The Morgan fingerprint density at radius 1 is 1.00 bits per heavy atom. The van der Waals surface area contributed by atoms with Crippen LogP contribution < -0.4 is 0 Å². The first kappa shape index (κ1) is 22.6. The molecule has 30 heavy (non-hydrogen) atoms. The molecule has 0 spiro atoms. The number of hydrogen-bond donors (Lipinski definition) is 3. The molecule has 0 aliphatic heterocycles. The fraction of sp³-hybridized carbons (Fsp3) is 0.962. The van der Waals surface area contributed by atoms with Gasteiger partial charge in [0.25, 0.3) is 0 Å². The predicted octanol–water partition coefficient (Wildman–Crippen LogP) is 5.11. The highest BCUT2D eigenvalue weighted by atomic mass is 16.4. The van der Waals surface area contributed by atoms with Crippen molar-refractivity contribution in [2.24, 2.45) is 52.3 Å². The van der Waals surface area contributed by atoms with Gasteiger partial charge in [0, 0.05) is 6.42 Å². The molecule has 2 unspecified atom stereocenters. The van der Waals surface area contributed by atoms with E-state index in [0.717, 1.165) is 32.1 Å². The van der Waals surface area contributed by atoms with Gasteiger partial charge in [0.15, 0.2) is 0 Å². The number of aliphatic hydroxyl groups excluding tert-OH is 2. The van der Waals surface area contributed by atoms with E-state index in [4.69, 9.17) is 5.11 Å². The van der Waals surface area contributed by atoms with Gasteiger partial charge < -0.3 is 15.3 Å². The fourth-order valence-electron chi connectivity index (χ4n) is 9.48. The first-order valence-corrected chi connectivity index (χ1v) is 12.7. The number of aliphatic carboxylic acids is 1. The molecule has 11 atom stereocenters. The van der Waals surface area contributed by atoms with Crippen molar-refractivity contribution in [1.29, 1.82) is 0 Å². The minimum Gasteiger partial charge on any atom is -0.481 e. The normalized spacial score (nSPS) is 51.5. The Kier molecular flexibility index (Phi) is 6.07. The van der Waals surface area contributed by atoms with Gasteiger partial charge in [0.05, 0.1) is 12.2 Å². The molecule has 4 fully saturated rings. The van der Waals surface area contributed by atoms with Gasteiger partial charge in [-0.05, 0) is 104 Å². The van der Waals surface area contributed by atoms with Gasteiger partial charge in [-0.1, -0.05) is 34.1 Å². The number of fused-ring (bicyclic) bond motifs is 5. The van der Waals surface area contributed by atoms with Crippen molar-refractivity contribution in [3.8, 4) is 0 Å². The molecule has 0 radical (unpaired) electrons. The predicted molar refractivity (Wildman–Crippen MR) is 118 cm³/mol. The quantitative estimate of drug-likeness (QED) is 0.577. The lowest BCUT2D eigenvalue weighted by molar-refractivity contribution is -0.203. The van der Waals surface area contributed by atoms with E-state index in [9.17, 15) is 15.0 Å². The average Bonchev–Trinajstić information content (AvgIpc) is 3.05. The maximum Gasteiger partial charge on any atom is 0.303 e. The van der Waals surface area contributed by atoms with Crippen LogP contribution >= 0.6 is 0 Å². The lowest BCUT2D eigenvalue weighted by Crippen LogP contribution is -2.62. The van der Waals surface area contributed by atoms with E-state index >= 15 is 0 Å². The minimum atomic E-state index is -0.683. The van der Waals surface area contributed by atoms with E-state index < -0.39 is 5.97 Å². The second-order valence-electron chi connectivity index (χ2n) is 12.0. The molecule has 4 rings (SSSR count). The highest BCUT2D eigenvalue weighted by Crippen LogP contribution is 2.69. The van der Waals surface area contributed by atoms with E-state index in [1.807, 2.05) is 0 Å². The van der Waals surface area contributed by atoms with Crippen molar-refractivity contribution in [2.75, 3.05) is 0 Å². The fourth-order valence-corrected chi connectivity index (χ4v) is 9.48. The lowest BCUT2D eigenvalue weighted by Gasteiger charge is -2.64. The van der Waals surface area contributed by atoms with E-state index in [2.05, 4.69) is 27.7 Å². The number of carboxylic acids is 1. The Bertz CT molecular complexity index is 649. The standard InChI is InChI=1S/C26H44O4/c1-5-17-21-14-16(27)10-12-26(21,4)20-11-13-25(3)18(15(2)6-9-22(28)29)7-8-19(25)23(20)24(17)30/h15-21,23-24,27,30H,5-14H2,1-4H3,(H,28,29)/t15-,16-,17-,18-,19+,20?,21+,23?,24-,25-,26-/m1/s1. The number of carboxylic acid groups (broad SMARTS) is 1. The molecule has 0 heterocycles. The van der Waals surface area contributed by atoms with Gasteiger partial charge in [0.1, 0.15) is 0 Å². The molecule has 0 aromatic heterocycles. The highest BCUT2D eigenvalue weighted by molar-refractivity contribution is 5.66. The third kappa shape index (κ3) is 3.36. The molecular formula is C26H44O4. The van der Waals surface area contributed by atoms with Gasteiger partial charge in [-0.2, -0.15) is 0 Å². The van der Waals surface area contributed by atoms with Crippen LogP contribution in [0.1, 0.15) is 91.9 Å². The second kappa shape index (κ2) is 8.06. The van der Waals surface area contributed by atoms with Gasteiger partial charge in [-0.25, -0.2) is 0 Å². The van der Waals surface area contributed by atoms with Gasteiger partial charge in [-0.3, -0.25) is 4.79 Å². The molecule has 0 bridgehead atoms. The third-order valence-electron chi connectivity index (χ3n) is 11.0. The van der Waals surface area contributed by atoms with E-state index in [0.29, 0.717) is 41.4 Å². The lowest BCUT2D eigenvalue weighted by atomic mass is 9.41. The first-order valence-electron chi connectivity index (χ1n) is 12.7. The Balaban J connectivity index is 1.61. The molecule has 3 N–H and O–H groups in total. The molecule has 4 saturated carbocycles. The summed E-state index contributed by atoms with van der Waals surface area (Å²) in [5, 5.41) is 31.3. The number of rotatable bonds is 5. The maximum atomic E-state index is 11.7. The van der Waals surface area contributed by atoms with Crippen molar-refractivity contribution < 1.29 is 20.1 Å². The molecule has 4 nitrogen and oxygen atoms in total. The average molecular weight is 421 g/mol. The van der Waals surface area contributed by atoms with Crippen LogP contribution in [0.3, 0.4) is 0 Å². The van der Waals surface area contributed by atoms with Crippen LogP contribution in [0.15, 0.2) is 0 Å². The monoisotopic (exact) mass is 420 g/mol. The summed E-state index contributed by atoms with van der Waals surface area (Å²) in [6.07, 6.45) is 9.27. The first-order chi connectivity index (χ1) is 14.1. The van der Waals surface area contributed by atoms with Crippen molar-refractivity contribution >= 4 is 5.97 Å². The summed E-state index contributed by atoms with van der Waals surface area (Å²) < 4.78 is 0. The summed E-state index contributed by atoms with van der Waals surface area (Å²) in [4.78, 5) is 11.1. The number of hydrogen-bond acceptors (Lipinski definition) is 3. The zero-order valence-corrected chi connectivity index (χ0v) is 19.5. The molecular weight excluding hydrogens is 376 g/mol. The SMILES string of the molecule is CC[C@H]1[C@@H](O)C2C(CC[C@]3(C)[C@@H]([C@H](C)CCC(=O)O)CC[C@@H]23)[C@@]2(C)CC[C@@H](O)C[C@@H]12. The summed E-state index contributed by atoms with van der Waals surface area (Å²) >= 11 is 0. The number of aliphatic hydroxyl groups is 2. The summed E-state index contributed by atoms with van der Waals surface area (Å²) in [6, 6.07) is 0. The Morgan fingerprint density at radius 2 is 1.67 bits per heavy atom. The van der Waals surface area contributed by atoms with Crippen LogP contribution in [-0.2, 0) is 4.79 Å². The summed E-state index contributed by atoms with van der Waals surface area (Å²) in [6.45, 7) is 9.44. The minimum absolute atomic E-state index is 0.194. The Morgan fingerprint density at radius 3 is 2.33 bits per heavy atom. The molecule has 4 aliphatic carbocycles. The van der Waals surface area contributed by atoms with Gasteiger partial charge in [0.2, 0.25) is 0 Å². The molecule has 172 valence electrons. The van der Waals surface area contributed by atoms with Crippen LogP contribution in [0.2, 0.25) is 0 Å². The third-order valence-corrected chi connectivity index (χ3v) is 11.0. The van der Waals surface area contributed by atoms with E-state index in [1.54, 1.807) is 0 Å². The molecule has 4 heteroatoms. The van der Waals surface area contributed by atoms with Crippen LogP contribution in [0, 0.1) is 52.3 Å². The molecule has 0 amide bonds. The van der Waals surface area contributed by atoms with Crippen LogP contribution in [0.25, 0.3) is 0 Å². The topological polar surface area (TPSA) is 77.8 Å². The van der Waals surface area contributed by atoms with E-state index in [-0.39, 0.29) is 29.5 Å². The molecule has 0 saturated heterocycles. The summed E-state index contributed by atoms with van der Waals surface area (Å²) in [5.74, 6) is 2.58. The summed E-state index contributed by atoms with van der Waals surface area (Å²) in [5.41, 5.74) is 0.480. The van der Waals surface area contributed by atoms with Gasteiger partial charge >= 0.3 is 5.97 Å². The molecule has 0 aromatic rings. The smallest absolute Gasteiger partial charge is 0.303 e.